The Bertz CT molecular complexity index is 508. The third-order valence-corrected chi connectivity index (χ3v) is 2.02. The third kappa shape index (κ3) is 2.67. The molecule has 16 heavy (non-hydrogen) atoms. The summed E-state index contributed by atoms with van der Waals surface area (Å²) in [7, 11) is 0. The predicted molar refractivity (Wildman–Crippen MR) is 58.2 cm³/mol. The molecule has 0 fully saturated rings. The van der Waals surface area contributed by atoms with Gasteiger partial charge in [0.25, 0.3) is 0 Å². The Hall–Kier alpha value is -2.15. The van der Waals surface area contributed by atoms with Gasteiger partial charge in [-0.25, -0.2) is 9.97 Å². The number of hydrogen-bond donors (Lipinski definition) is 0. The van der Waals surface area contributed by atoms with E-state index in [1.807, 2.05) is 18.2 Å². The van der Waals surface area contributed by atoms with E-state index in [9.17, 15) is 4.48 Å². The van der Waals surface area contributed by atoms with Crippen molar-refractivity contribution in [2.75, 3.05) is 0 Å². The van der Waals surface area contributed by atoms with E-state index in [4.69, 9.17) is 0 Å². The lowest BCUT2D eigenvalue weighted by atomic mass is 10.3. The second-order valence-corrected chi connectivity index (χ2v) is 3.17. The van der Waals surface area contributed by atoms with Gasteiger partial charge in [-0.2, -0.15) is 4.79 Å². The van der Waals surface area contributed by atoms with Gasteiger partial charge in [-0.3, -0.25) is 0 Å². The summed E-state index contributed by atoms with van der Waals surface area (Å²) in [6, 6.07) is 5.56. The van der Waals surface area contributed by atoms with Gasteiger partial charge >= 0.3 is 0 Å². The lowest BCUT2D eigenvalue weighted by Gasteiger charge is -1.92. The molecule has 0 spiro atoms. The number of imidazole rings is 1. The van der Waals surface area contributed by atoms with Gasteiger partial charge in [-0.05, 0) is 18.1 Å². The summed E-state index contributed by atoms with van der Waals surface area (Å²) in [5.41, 5.74) is 0.728. The molecule has 0 saturated carbocycles. The van der Waals surface area contributed by atoms with Crippen LogP contribution in [0.3, 0.4) is 0 Å². The maximum Gasteiger partial charge on any atom is 0.140 e. The first-order chi connectivity index (χ1) is 7.86. The minimum Gasteiger partial charge on any atom is -0.248 e. The van der Waals surface area contributed by atoms with E-state index in [1.165, 1.54) is 12.4 Å². The number of rotatable bonds is 2. The molecule has 0 atom stereocenters. The monoisotopic (exact) mass is 215 g/mol. The van der Waals surface area contributed by atoms with Crippen LogP contribution in [0.4, 0.5) is 4.48 Å². The Morgan fingerprint density at radius 1 is 1.25 bits per heavy atom. The van der Waals surface area contributed by atoms with Gasteiger partial charge in [-0.15, -0.1) is 0 Å². The number of pyridine rings is 1. The first kappa shape index (κ1) is 10.4. The van der Waals surface area contributed by atoms with E-state index in [2.05, 4.69) is 21.8 Å². The number of hydrogen-bond acceptors (Lipinski definition) is 2. The molecule has 0 unspecified atom stereocenters. The third-order valence-electron chi connectivity index (χ3n) is 2.02. The van der Waals surface area contributed by atoms with E-state index < -0.39 is 0 Å². The standard InChI is InChI=1S/C12H10FN3/c13-16-10-9-15-12(16)7-2-1-5-11-6-3-4-8-14-11/h3-4,6,8-10H,2,7H2. The Morgan fingerprint density at radius 3 is 2.88 bits per heavy atom. The van der Waals surface area contributed by atoms with Crippen LogP contribution in [0.25, 0.3) is 0 Å². The summed E-state index contributed by atoms with van der Waals surface area (Å²) >= 11 is 0. The highest BCUT2D eigenvalue weighted by atomic mass is 19.2. The van der Waals surface area contributed by atoms with Gasteiger partial charge in [0.1, 0.15) is 11.5 Å². The summed E-state index contributed by atoms with van der Waals surface area (Å²) in [5, 5.41) is 0. The average Bonchev–Trinajstić information content (AvgIpc) is 2.72. The van der Waals surface area contributed by atoms with Crippen molar-refractivity contribution in [2.24, 2.45) is 0 Å². The molecule has 0 aliphatic heterocycles. The normalized spacial score (nSPS) is 9.56. The van der Waals surface area contributed by atoms with Gasteiger partial charge in [0, 0.05) is 25.2 Å². The molecule has 0 aromatic carbocycles. The predicted octanol–water partition coefficient (Wildman–Crippen LogP) is 1.99. The van der Waals surface area contributed by atoms with Gasteiger partial charge in [0.15, 0.2) is 0 Å². The van der Waals surface area contributed by atoms with E-state index in [0.29, 0.717) is 23.5 Å². The Labute approximate surface area is 92.9 Å². The lowest BCUT2D eigenvalue weighted by molar-refractivity contribution is 0.351. The molecule has 0 radical (unpaired) electrons. The maximum absolute atomic E-state index is 12.9. The van der Waals surface area contributed by atoms with Crippen LogP contribution in [0.2, 0.25) is 0 Å². The van der Waals surface area contributed by atoms with Crippen molar-refractivity contribution in [2.45, 2.75) is 12.8 Å². The van der Waals surface area contributed by atoms with E-state index >= 15 is 0 Å². The molecular weight excluding hydrogens is 205 g/mol. The molecule has 0 N–H and O–H groups in total. The Balaban J connectivity index is 1.90. The van der Waals surface area contributed by atoms with Crippen molar-refractivity contribution in [1.82, 2.24) is 14.8 Å². The molecule has 80 valence electrons. The van der Waals surface area contributed by atoms with E-state index in [1.54, 1.807) is 6.20 Å². The molecule has 2 aromatic heterocycles. The topological polar surface area (TPSA) is 30.7 Å². The van der Waals surface area contributed by atoms with Gasteiger partial charge < -0.3 is 0 Å². The van der Waals surface area contributed by atoms with Crippen LogP contribution in [-0.4, -0.2) is 14.8 Å². The zero-order valence-electron chi connectivity index (χ0n) is 8.60. The fraction of sp³-hybridized carbons (Fsp3) is 0.167. The van der Waals surface area contributed by atoms with Crippen LogP contribution in [0.1, 0.15) is 17.9 Å². The van der Waals surface area contributed by atoms with E-state index in [-0.39, 0.29) is 0 Å². The van der Waals surface area contributed by atoms with Crippen molar-refractivity contribution in [1.29, 1.82) is 0 Å². The molecule has 0 aliphatic rings. The zero-order valence-corrected chi connectivity index (χ0v) is 8.60. The SMILES string of the molecule is Fn1ccnc1CCC#Cc1ccccn1. The van der Waals surface area contributed by atoms with Crippen LogP contribution in [-0.2, 0) is 6.42 Å². The van der Waals surface area contributed by atoms with Gasteiger partial charge in [-0.1, -0.05) is 16.5 Å². The molecule has 0 saturated heterocycles. The highest BCUT2D eigenvalue weighted by Gasteiger charge is 1.98. The summed E-state index contributed by atoms with van der Waals surface area (Å²) in [5.74, 6) is 6.24. The molecule has 0 bridgehead atoms. The maximum atomic E-state index is 12.9. The zero-order chi connectivity index (χ0) is 11.2. The number of aryl methyl sites for hydroxylation is 1. The summed E-state index contributed by atoms with van der Waals surface area (Å²) in [4.78, 5) is 8.44. The average molecular weight is 215 g/mol. The lowest BCUT2D eigenvalue weighted by Crippen LogP contribution is -1.92. The number of halogens is 1. The summed E-state index contributed by atoms with van der Waals surface area (Å²) < 4.78 is 12.9. The first-order valence-corrected chi connectivity index (χ1v) is 4.94. The molecule has 4 heteroatoms. The molecule has 0 amide bonds. The fourth-order valence-corrected chi connectivity index (χ4v) is 1.25. The van der Waals surface area contributed by atoms with Crippen LogP contribution in [0.15, 0.2) is 36.8 Å². The molecule has 2 heterocycles. The van der Waals surface area contributed by atoms with Gasteiger partial charge in [0.2, 0.25) is 0 Å². The van der Waals surface area contributed by atoms with Crippen LogP contribution >= 0.6 is 0 Å². The second-order valence-electron chi connectivity index (χ2n) is 3.17. The molecule has 3 nitrogen and oxygen atoms in total. The Kier molecular flexibility index (Phi) is 3.29. The van der Waals surface area contributed by atoms with Crippen molar-refractivity contribution < 1.29 is 4.48 Å². The smallest absolute Gasteiger partial charge is 0.140 e. The minimum absolute atomic E-state index is 0.398. The quantitative estimate of drug-likeness (QED) is 0.717. The van der Waals surface area contributed by atoms with Crippen molar-refractivity contribution in [3.8, 4) is 11.8 Å². The largest absolute Gasteiger partial charge is 0.248 e. The Morgan fingerprint density at radius 2 is 2.19 bits per heavy atom. The molecule has 2 aromatic rings. The van der Waals surface area contributed by atoms with Crippen molar-refractivity contribution >= 4 is 0 Å². The second kappa shape index (κ2) is 5.08. The highest BCUT2D eigenvalue weighted by molar-refractivity contribution is 5.26. The molecule has 0 aliphatic carbocycles. The van der Waals surface area contributed by atoms with Crippen molar-refractivity contribution in [3.63, 3.8) is 0 Å². The van der Waals surface area contributed by atoms with Crippen LogP contribution in [0.5, 0.6) is 0 Å². The fourth-order valence-electron chi connectivity index (χ4n) is 1.25. The van der Waals surface area contributed by atoms with Crippen LogP contribution < -0.4 is 0 Å². The number of aromatic nitrogens is 3. The minimum atomic E-state index is 0.398. The van der Waals surface area contributed by atoms with E-state index in [0.717, 1.165) is 5.69 Å². The van der Waals surface area contributed by atoms with Gasteiger partial charge in [0.05, 0.1) is 6.20 Å². The van der Waals surface area contributed by atoms with Crippen molar-refractivity contribution in [3.05, 3.63) is 48.3 Å². The summed E-state index contributed by atoms with van der Waals surface area (Å²) in [6.07, 6.45) is 5.47. The highest BCUT2D eigenvalue weighted by Crippen LogP contribution is 2.00. The first-order valence-electron chi connectivity index (χ1n) is 4.94. The number of nitrogens with zero attached hydrogens (tertiary/aromatic N) is 3. The molecular formula is C12H10FN3. The summed E-state index contributed by atoms with van der Waals surface area (Å²) in [6.45, 7) is 0. The van der Waals surface area contributed by atoms with Crippen LogP contribution in [0, 0.1) is 11.8 Å². The molecule has 2 rings (SSSR count).